The van der Waals surface area contributed by atoms with E-state index in [2.05, 4.69) is 10.0 Å². The number of carbonyl (C=O) groups excluding carboxylic acids is 1. The van der Waals surface area contributed by atoms with Crippen LogP contribution in [0.2, 0.25) is 10.0 Å². The minimum absolute atomic E-state index is 0.000431. The van der Waals surface area contributed by atoms with Gasteiger partial charge in [-0.3, -0.25) is 9.52 Å². The molecule has 3 N–H and O–H groups in total. The summed E-state index contributed by atoms with van der Waals surface area (Å²) in [4.78, 5) is 11.3. The Labute approximate surface area is 208 Å². The van der Waals surface area contributed by atoms with E-state index in [-0.39, 0.29) is 35.4 Å². The van der Waals surface area contributed by atoms with E-state index in [1.165, 1.54) is 42.5 Å². The molecular weight excluding hydrogens is 532 g/mol. The molecule has 7 nitrogen and oxygen atoms in total. The maximum Gasteiger partial charge on any atom is 0.417 e. The summed E-state index contributed by atoms with van der Waals surface area (Å²) in [6, 6.07) is 12.0. The Balaban J connectivity index is 1.87. The predicted molar refractivity (Wildman–Crippen MR) is 125 cm³/mol. The molecule has 0 unspecified atom stereocenters. The number of benzene rings is 3. The minimum atomic E-state index is -4.85. The average Bonchev–Trinajstić information content (AvgIpc) is 2.79. The number of rotatable bonds is 8. The van der Waals surface area contributed by atoms with Gasteiger partial charge < -0.3 is 15.2 Å². The SMILES string of the molecule is O=C(NCCO)c1ccc(Oc2ccc(Cl)cc2NS(=O)(=O)c2ccc(Cl)c(C(F)(F)F)c2)cc1. The van der Waals surface area contributed by atoms with Crippen molar-refractivity contribution in [1.82, 2.24) is 5.32 Å². The number of nitrogens with one attached hydrogen (secondary N) is 2. The molecule has 0 aromatic heterocycles. The van der Waals surface area contributed by atoms with Gasteiger partial charge in [0.05, 0.1) is 27.8 Å². The van der Waals surface area contributed by atoms with Crippen LogP contribution in [0.3, 0.4) is 0 Å². The highest BCUT2D eigenvalue weighted by Gasteiger charge is 2.34. The largest absolute Gasteiger partial charge is 0.455 e. The first kappa shape index (κ1) is 26.6. The molecular formula is C22H17Cl2F3N2O5S. The van der Waals surface area contributed by atoms with Gasteiger partial charge >= 0.3 is 6.18 Å². The molecule has 13 heteroatoms. The zero-order chi connectivity index (χ0) is 25.8. The monoisotopic (exact) mass is 548 g/mol. The van der Waals surface area contributed by atoms with E-state index in [0.717, 1.165) is 12.1 Å². The molecule has 3 aromatic rings. The molecule has 0 heterocycles. The highest BCUT2D eigenvalue weighted by atomic mass is 35.5. The molecule has 186 valence electrons. The third kappa shape index (κ3) is 6.79. The van der Waals surface area contributed by atoms with E-state index in [1.807, 2.05) is 0 Å². The number of halogens is 5. The first-order valence-corrected chi connectivity index (χ1v) is 12.0. The van der Waals surface area contributed by atoms with Gasteiger partial charge in [0.1, 0.15) is 5.75 Å². The number of hydrogen-bond acceptors (Lipinski definition) is 5. The summed E-state index contributed by atoms with van der Waals surface area (Å²) in [5.41, 5.74) is -1.13. The molecule has 3 aromatic carbocycles. The van der Waals surface area contributed by atoms with Crippen LogP contribution < -0.4 is 14.8 Å². The van der Waals surface area contributed by atoms with E-state index >= 15 is 0 Å². The zero-order valence-electron chi connectivity index (χ0n) is 17.6. The van der Waals surface area contributed by atoms with E-state index in [1.54, 1.807) is 0 Å². The molecule has 1 amide bonds. The molecule has 35 heavy (non-hydrogen) atoms. The summed E-state index contributed by atoms with van der Waals surface area (Å²) in [5, 5.41) is 10.8. The van der Waals surface area contributed by atoms with Crippen molar-refractivity contribution in [2.45, 2.75) is 11.1 Å². The predicted octanol–water partition coefficient (Wildman–Crippen LogP) is 5.33. The number of alkyl halides is 3. The van der Waals surface area contributed by atoms with Gasteiger partial charge in [0, 0.05) is 17.1 Å². The number of aliphatic hydroxyl groups is 1. The Hall–Kier alpha value is -2.99. The van der Waals surface area contributed by atoms with E-state index in [4.69, 9.17) is 33.0 Å². The van der Waals surface area contributed by atoms with Gasteiger partial charge in [-0.25, -0.2) is 8.42 Å². The van der Waals surface area contributed by atoms with Crippen LogP contribution in [-0.4, -0.2) is 32.6 Å². The van der Waals surface area contributed by atoms with Crippen LogP contribution >= 0.6 is 23.2 Å². The second-order valence-corrected chi connectivity index (χ2v) is 9.52. The van der Waals surface area contributed by atoms with Crippen LogP contribution in [-0.2, 0) is 16.2 Å². The van der Waals surface area contributed by atoms with Crippen LogP contribution in [0.1, 0.15) is 15.9 Å². The van der Waals surface area contributed by atoms with Gasteiger partial charge in [-0.2, -0.15) is 13.2 Å². The van der Waals surface area contributed by atoms with E-state index < -0.39 is 37.6 Å². The maximum atomic E-state index is 13.2. The Morgan fingerprint density at radius 2 is 1.69 bits per heavy atom. The number of amides is 1. The summed E-state index contributed by atoms with van der Waals surface area (Å²) in [5.74, 6) is -0.176. The number of anilines is 1. The van der Waals surface area contributed by atoms with Crippen molar-refractivity contribution >= 4 is 44.8 Å². The van der Waals surface area contributed by atoms with Gasteiger partial charge in [0.15, 0.2) is 5.75 Å². The Morgan fingerprint density at radius 1 is 1.00 bits per heavy atom. The number of hydrogen-bond donors (Lipinski definition) is 3. The fraction of sp³-hybridized carbons (Fsp3) is 0.136. The Morgan fingerprint density at radius 3 is 2.31 bits per heavy atom. The molecule has 3 rings (SSSR count). The fourth-order valence-electron chi connectivity index (χ4n) is 2.84. The van der Waals surface area contributed by atoms with Gasteiger partial charge in [-0.05, 0) is 60.7 Å². The topological polar surface area (TPSA) is 105 Å². The first-order chi connectivity index (χ1) is 16.4. The molecule has 0 aliphatic carbocycles. The Kier molecular flexibility index (Phi) is 8.16. The summed E-state index contributed by atoms with van der Waals surface area (Å²) < 4.78 is 73.1. The van der Waals surface area contributed by atoms with Gasteiger partial charge in [0.2, 0.25) is 0 Å². The lowest BCUT2D eigenvalue weighted by Crippen LogP contribution is -2.26. The number of aliphatic hydroxyl groups excluding tert-OH is 1. The van der Waals surface area contributed by atoms with Crippen molar-refractivity contribution in [3.63, 3.8) is 0 Å². The van der Waals surface area contributed by atoms with E-state index in [9.17, 15) is 26.4 Å². The second kappa shape index (κ2) is 10.7. The molecule has 0 atom stereocenters. The quantitative estimate of drug-likeness (QED) is 0.353. The third-order valence-corrected chi connectivity index (χ3v) is 6.41. The molecule has 0 fully saturated rings. The molecule has 0 saturated carbocycles. The Bertz CT molecular complexity index is 1330. The molecule has 0 aliphatic rings. The molecule has 0 bridgehead atoms. The maximum absolute atomic E-state index is 13.2. The standard InChI is InChI=1S/C22H17Cl2F3N2O5S/c23-14-3-8-20(34-15-4-1-13(2-5-15)21(31)28-9-10-30)19(11-14)29-35(32,33)16-6-7-18(24)17(12-16)22(25,26)27/h1-8,11-12,29-30H,9-10H2,(H,28,31). The van der Waals surface area contributed by atoms with Gasteiger partial charge in [0.25, 0.3) is 15.9 Å². The van der Waals surface area contributed by atoms with Crippen LogP contribution in [0.25, 0.3) is 0 Å². The van der Waals surface area contributed by atoms with Crippen molar-refractivity contribution in [3.05, 3.63) is 81.8 Å². The molecule has 0 aliphatic heterocycles. The van der Waals surface area contributed by atoms with Crippen molar-refractivity contribution in [1.29, 1.82) is 0 Å². The van der Waals surface area contributed by atoms with Crippen molar-refractivity contribution < 1.29 is 36.2 Å². The highest BCUT2D eigenvalue weighted by molar-refractivity contribution is 7.92. The average molecular weight is 549 g/mol. The lowest BCUT2D eigenvalue weighted by atomic mass is 10.2. The normalized spacial score (nSPS) is 11.7. The van der Waals surface area contributed by atoms with Crippen molar-refractivity contribution in [2.24, 2.45) is 0 Å². The van der Waals surface area contributed by atoms with Gasteiger partial charge in [-0.1, -0.05) is 23.2 Å². The molecule has 0 saturated heterocycles. The first-order valence-electron chi connectivity index (χ1n) is 9.77. The summed E-state index contributed by atoms with van der Waals surface area (Å²) >= 11 is 11.6. The van der Waals surface area contributed by atoms with Crippen molar-refractivity contribution in [3.8, 4) is 11.5 Å². The third-order valence-electron chi connectivity index (χ3n) is 4.48. The highest BCUT2D eigenvalue weighted by Crippen LogP contribution is 2.37. The van der Waals surface area contributed by atoms with Crippen LogP contribution in [0.4, 0.5) is 18.9 Å². The zero-order valence-corrected chi connectivity index (χ0v) is 19.9. The fourth-order valence-corrected chi connectivity index (χ4v) is 4.32. The molecule has 0 spiro atoms. The minimum Gasteiger partial charge on any atom is -0.455 e. The van der Waals surface area contributed by atoms with Crippen LogP contribution in [0.15, 0.2) is 65.6 Å². The molecule has 0 radical (unpaired) electrons. The number of ether oxygens (including phenoxy) is 1. The smallest absolute Gasteiger partial charge is 0.417 e. The summed E-state index contributed by atoms with van der Waals surface area (Å²) in [6.45, 7) is -0.126. The van der Waals surface area contributed by atoms with Crippen molar-refractivity contribution in [2.75, 3.05) is 17.9 Å². The van der Waals surface area contributed by atoms with Gasteiger partial charge in [-0.15, -0.1) is 0 Å². The van der Waals surface area contributed by atoms with E-state index in [0.29, 0.717) is 11.6 Å². The van der Waals surface area contributed by atoms with Crippen LogP contribution in [0.5, 0.6) is 11.5 Å². The second-order valence-electron chi connectivity index (χ2n) is 6.99. The number of sulfonamides is 1. The number of carbonyl (C=O) groups is 1. The lowest BCUT2D eigenvalue weighted by molar-refractivity contribution is -0.137. The van der Waals surface area contributed by atoms with Crippen LogP contribution in [0, 0.1) is 0 Å². The lowest BCUT2D eigenvalue weighted by Gasteiger charge is -2.15. The summed E-state index contributed by atoms with van der Waals surface area (Å²) in [7, 11) is -4.49. The summed E-state index contributed by atoms with van der Waals surface area (Å²) in [6.07, 6.45) is -4.85.